The number of fused-ring (bicyclic) bond motifs is 1. The first-order valence-electron chi connectivity index (χ1n) is 5.08. The zero-order valence-electron chi connectivity index (χ0n) is 9.23. The molecule has 0 fully saturated rings. The lowest BCUT2D eigenvalue weighted by atomic mass is 10.1. The molecular formula is C12H12N2O2. The molecule has 0 bridgehead atoms. The van der Waals surface area contributed by atoms with E-state index in [4.69, 9.17) is 10.00 Å². The van der Waals surface area contributed by atoms with Crippen LogP contribution < -0.4 is 9.64 Å². The van der Waals surface area contributed by atoms with E-state index < -0.39 is 0 Å². The standard InChI is InChI=1S/C12H12N2O2/c1-8-7-16-11-5-9(6-13)3-4-10(11)14(2)12(8)15/h3-5,8H,7H2,1-2H3/t8-/m0/s1. The Hall–Kier alpha value is -2.02. The van der Waals surface area contributed by atoms with Gasteiger partial charge in [-0.3, -0.25) is 4.79 Å². The molecule has 1 atom stereocenters. The van der Waals surface area contributed by atoms with Crippen molar-refractivity contribution in [1.82, 2.24) is 0 Å². The van der Waals surface area contributed by atoms with Crippen LogP contribution in [0.15, 0.2) is 18.2 Å². The van der Waals surface area contributed by atoms with E-state index in [0.29, 0.717) is 23.6 Å². The minimum absolute atomic E-state index is 0.0310. The molecular weight excluding hydrogens is 204 g/mol. The van der Waals surface area contributed by atoms with E-state index in [9.17, 15) is 4.79 Å². The van der Waals surface area contributed by atoms with Gasteiger partial charge in [-0.15, -0.1) is 0 Å². The highest BCUT2D eigenvalue weighted by atomic mass is 16.5. The fourth-order valence-electron chi connectivity index (χ4n) is 1.71. The Morgan fingerprint density at radius 3 is 3.00 bits per heavy atom. The van der Waals surface area contributed by atoms with Gasteiger partial charge in [0.2, 0.25) is 5.91 Å². The monoisotopic (exact) mass is 216 g/mol. The number of nitrogens with zero attached hydrogens (tertiary/aromatic N) is 2. The third-order valence-corrected chi connectivity index (χ3v) is 2.69. The van der Waals surface area contributed by atoms with Crippen LogP contribution in [-0.2, 0) is 4.79 Å². The van der Waals surface area contributed by atoms with Crippen molar-refractivity contribution < 1.29 is 9.53 Å². The van der Waals surface area contributed by atoms with Gasteiger partial charge in [-0.1, -0.05) is 6.92 Å². The minimum Gasteiger partial charge on any atom is -0.491 e. The Balaban J connectivity index is 2.48. The predicted molar refractivity (Wildman–Crippen MR) is 59.2 cm³/mol. The molecule has 0 radical (unpaired) electrons. The van der Waals surface area contributed by atoms with Gasteiger partial charge in [0, 0.05) is 13.1 Å². The maximum atomic E-state index is 11.8. The Bertz CT molecular complexity index is 476. The number of benzene rings is 1. The van der Waals surface area contributed by atoms with Gasteiger partial charge >= 0.3 is 0 Å². The second-order valence-electron chi connectivity index (χ2n) is 3.90. The van der Waals surface area contributed by atoms with Gasteiger partial charge < -0.3 is 9.64 Å². The van der Waals surface area contributed by atoms with Gasteiger partial charge in [0.15, 0.2) is 0 Å². The maximum absolute atomic E-state index is 11.8. The molecule has 82 valence electrons. The molecule has 0 N–H and O–H groups in total. The van der Waals surface area contributed by atoms with Gasteiger partial charge in [0.25, 0.3) is 0 Å². The molecule has 0 saturated carbocycles. The van der Waals surface area contributed by atoms with Gasteiger partial charge in [0.1, 0.15) is 5.75 Å². The molecule has 1 aromatic rings. The van der Waals surface area contributed by atoms with E-state index in [2.05, 4.69) is 6.07 Å². The number of anilines is 1. The van der Waals surface area contributed by atoms with E-state index in [1.807, 2.05) is 6.92 Å². The fourth-order valence-corrected chi connectivity index (χ4v) is 1.71. The highest BCUT2D eigenvalue weighted by Gasteiger charge is 2.25. The summed E-state index contributed by atoms with van der Waals surface area (Å²) in [5.41, 5.74) is 1.25. The van der Waals surface area contributed by atoms with Gasteiger partial charge in [-0.25, -0.2) is 0 Å². The van der Waals surface area contributed by atoms with Crippen molar-refractivity contribution in [2.75, 3.05) is 18.6 Å². The lowest BCUT2D eigenvalue weighted by Gasteiger charge is -2.17. The Morgan fingerprint density at radius 1 is 1.56 bits per heavy atom. The summed E-state index contributed by atoms with van der Waals surface area (Å²) in [7, 11) is 1.72. The summed E-state index contributed by atoms with van der Waals surface area (Å²) < 4.78 is 5.53. The third kappa shape index (κ3) is 1.61. The van der Waals surface area contributed by atoms with Crippen molar-refractivity contribution in [3.63, 3.8) is 0 Å². The number of carbonyl (C=O) groups excluding carboxylic acids is 1. The first-order valence-corrected chi connectivity index (χ1v) is 5.08. The van der Waals surface area contributed by atoms with Crippen LogP contribution in [0.3, 0.4) is 0 Å². The van der Waals surface area contributed by atoms with Crippen molar-refractivity contribution in [1.29, 1.82) is 5.26 Å². The predicted octanol–water partition coefficient (Wildman–Crippen LogP) is 1.55. The first kappa shape index (κ1) is 10.5. The molecule has 0 unspecified atom stereocenters. The van der Waals surface area contributed by atoms with Crippen molar-refractivity contribution >= 4 is 11.6 Å². The lowest BCUT2D eigenvalue weighted by molar-refractivity contribution is -0.122. The Morgan fingerprint density at radius 2 is 2.31 bits per heavy atom. The molecule has 0 aromatic heterocycles. The van der Waals surface area contributed by atoms with Crippen molar-refractivity contribution in [3.05, 3.63) is 23.8 Å². The fraction of sp³-hybridized carbons (Fsp3) is 0.333. The topological polar surface area (TPSA) is 53.3 Å². The first-order chi connectivity index (χ1) is 7.63. The minimum atomic E-state index is -0.164. The maximum Gasteiger partial charge on any atom is 0.233 e. The van der Waals surface area contributed by atoms with E-state index in [1.54, 1.807) is 30.1 Å². The van der Waals surface area contributed by atoms with E-state index in [-0.39, 0.29) is 11.8 Å². The summed E-state index contributed by atoms with van der Waals surface area (Å²) in [6.45, 7) is 2.18. The normalized spacial score (nSPS) is 19.4. The average Bonchev–Trinajstić information content (AvgIpc) is 2.42. The van der Waals surface area contributed by atoms with Crippen LogP contribution >= 0.6 is 0 Å². The van der Waals surface area contributed by atoms with Crippen LogP contribution in [0.4, 0.5) is 5.69 Å². The number of hydrogen-bond acceptors (Lipinski definition) is 3. The van der Waals surface area contributed by atoms with Crippen LogP contribution in [0.5, 0.6) is 5.75 Å². The van der Waals surface area contributed by atoms with Crippen molar-refractivity contribution in [3.8, 4) is 11.8 Å². The Labute approximate surface area is 94.0 Å². The number of ether oxygens (including phenoxy) is 1. The summed E-state index contributed by atoms with van der Waals surface area (Å²) in [6.07, 6.45) is 0. The van der Waals surface area contributed by atoms with Gasteiger partial charge in [-0.2, -0.15) is 5.26 Å². The second kappa shape index (κ2) is 3.86. The van der Waals surface area contributed by atoms with Crippen LogP contribution in [-0.4, -0.2) is 19.6 Å². The number of carbonyl (C=O) groups is 1. The summed E-state index contributed by atoms with van der Waals surface area (Å²) in [5.74, 6) is 0.464. The molecule has 16 heavy (non-hydrogen) atoms. The van der Waals surface area contributed by atoms with Crippen LogP contribution in [0, 0.1) is 17.2 Å². The molecule has 1 aliphatic rings. The molecule has 4 nitrogen and oxygen atoms in total. The molecule has 0 saturated heterocycles. The second-order valence-corrected chi connectivity index (χ2v) is 3.90. The smallest absolute Gasteiger partial charge is 0.233 e. The van der Waals surface area contributed by atoms with E-state index >= 15 is 0 Å². The molecule has 1 amide bonds. The summed E-state index contributed by atoms with van der Waals surface area (Å²) >= 11 is 0. The Kier molecular flexibility index (Phi) is 2.53. The highest BCUT2D eigenvalue weighted by Crippen LogP contribution is 2.32. The van der Waals surface area contributed by atoms with Crippen molar-refractivity contribution in [2.24, 2.45) is 5.92 Å². The van der Waals surface area contributed by atoms with Crippen LogP contribution in [0.2, 0.25) is 0 Å². The summed E-state index contributed by atoms with van der Waals surface area (Å²) in [4.78, 5) is 13.4. The van der Waals surface area contributed by atoms with E-state index in [1.165, 1.54) is 0 Å². The number of nitriles is 1. The quantitative estimate of drug-likeness (QED) is 0.661. The van der Waals surface area contributed by atoms with Crippen LogP contribution in [0.1, 0.15) is 12.5 Å². The summed E-state index contributed by atoms with van der Waals surface area (Å²) in [6, 6.07) is 7.14. The molecule has 4 heteroatoms. The molecule has 0 aliphatic carbocycles. The zero-order valence-corrected chi connectivity index (χ0v) is 9.23. The highest BCUT2D eigenvalue weighted by molar-refractivity contribution is 5.96. The molecule has 1 aliphatic heterocycles. The summed E-state index contributed by atoms with van der Waals surface area (Å²) in [5, 5.41) is 8.79. The largest absolute Gasteiger partial charge is 0.491 e. The lowest BCUT2D eigenvalue weighted by Crippen LogP contribution is -2.31. The molecule has 2 rings (SSSR count). The van der Waals surface area contributed by atoms with Crippen LogP contribution in [0.25, 0.3) is 0 Å². The van der Waals surface area contributed by atoms with Gasteiger partial charge in [0.05, 0.1) is 29.8 Å². The van der Waals surface area contributed by atoms with Gasteiger partial charge in [-0.05, 0) is 12.1 Å². The number of amides is 1. The third-order valence-electron chi connectivity index (χ3n) is 2.69. The number of hydrogen-bond donors (Lipinski definition) is 0. The average molecular weight is 216 g/mol. The zero-order chi connectivity index (χ0) is 11.7. The molecule has 1 heterocycles. The van der Waals surface area contributed by atoms with Crippen molar-refractivity contribution in [2.45, 2.75) is 6.92 Å². The SMILES string of the molecule is C[C@H]1COc2cc(C#N)ccc2N(C)C1=O. The molecule has 1 aromatic carbocycles. The number of rotatable bonds is 0. The van der Waals surface area contributed by atoms with E-state index in [0.717, 1.165) is 0 Å². The molecule has 0 spiro atoms.